The van der Waals surface area contributed by atoms with E-state index in [2.05, 4.69) is 10.6 Å². The predicted molar refractivity (Wildman–Crippen MR) is 142 cm³/mol. The normalized spacial score (nSPS) is 13.4. The van der Waals surface area contributed by atoms with E-state index in [0.29, 0.717) is 48.7 Å². The van der Waals surface area contributed by atoms with Crippen LogP contribution in [0.1, 0.15) is 40.1 Å². The Kier molecular flexibility index (Phi) is 8.35. The number of amides is 3. The molecule has 0 aliphatic carbocycles. The molecule has 3 aromatic carbocycles. The van der Waals surface area contributed by atoms with E-state index in [1.807, 2.05) is 4.90 Å². The lowest BCUT2D eigenvalue weighted by Crippen LogP contribution is -2.49. The van der Waals surface area contributed by atoms with Crippen LogP contribution in [0.4, 0.5) is 20.2 Å². The van der Waals surface area contributed by atoms with Crippen molar-refractivity contribution in [2.75, 3.05) is 36.4 Å². The fraction of sp³-hybridized carbons (Fsp3) is 0.276. The number of carbonyl (C=O) groups excluding carboxylic acids is 3. The van der Waals surface area contributed by atoms with Crippen LogP contribution in [0, 0.1) is 17.6 Å². The molecule has 9 heteroatoms. The van der Waals surface area contributed by atoms with Crippen molar-refractivity contribution >= 4 is 29.1 Å². The van der Waals surface area contributed by atoms with Crippen molar-refractivity contribution < 1.29 is 23.2 Å². The number of piperazine rings is 1. The molecule has 0 bridgehead atoms. The van der Waals surface area contributed by atoms with Gasteiger partial charge >= 0.3 is 0 Å². The molecule has 0 unspecified atom stereocenters. The summed E-state index contributed by atoms with van der Waals surface area (Å²) < 4.78 is 26.8. The van der Waals surface area contributed by atoms with Gasteiger partial charge in [0.25, 0.3) is 11.8 Å². The second-order valence-corrected chi connectivity index (χ2v) is 9.47. The van der Waals surface area contributed by atoms with Gasteiger partial charge in [-0.3, -0.25) is 14.4 Å². The Balaban J connectivity index is 1.51. The van der Waals surface area contributed by atoms with E-state index in [4.69, 9.17) is 0 Å². The Morgan fingerprint density at radius 3 is 2.24 bits per heavy atom. The molecule has 2 N–H and O–H groups in total. The molecule has 1 fully saturated rings. The van der Waals surface area contributed by atoms with Gasteiger partial charge < -0.3 is 20.4 Å². The van der Waals surface area contributed by atoms with Gasteiger partial charge in [0.15, 0.2) is 0 Å². The third-order valence-corrected chi connectivity index (χ3v) is 6.38. The first-order valence-electron chi connectivity index (χ1n) is 12.5. The first-order valence-corrected chi connectivity index (χ1v) is 12.5. The van der Waals surface area contributed by atoms with Crippen molar-refractivity contribution in [3.05, 3.63) is 95.1 Å². The lowest BCUT2D eigenvalue weighted by atomic mass is 10.1. The number of halogens is 2. The molecule has 1 aliphatic rings. The molecule has 198 valence electrons. The van der Waals surface area contributed by atoms with Gasteiger partial charge in [0.05, 0.1) is 5.56 Å². The Bertz CT molecular complexity index is 1320. The van der Waals surface area contributed by atoms with Crippen LogP contribution in [0.3, 0.4) is 0 Å². The van der Waals surface area contributed by atoms with Crippen molar-refractivity contribution in [3.8, 4) is 0 Å². The molecule has 0 atom stereocenters. The highest BCUT2D eigenvalue weighted by atomic mass is 19.1. The number of hydrogen-bond donors (Lipinski definition) is 2. The molecule has 4 rings (SSSR count). The summed E-state index contributed by atoms with van der Waals surface area (Å²) >= 11 is 0. The van der Waals surface area contributed by atoms with Crippen LogP contribution in [0.2, 0.25) is 0 Å². The second-order valence-electron chi connectivity index (χ2n) is 9.47. The SMILES string of the molecule is CC(C)C(=O)Nc1ccc(N2CCN(C(=O)c3cccc(F)c3)CC2)c(C(=O)NCc2ccc(F)cc2)c1. The Morgan fingerprint density at radius 1 is 0.868 bits per heavy atom. The van der Waals surface area contributed by atoms with Gasteiger partial charge in [-0.1, -0.05) is 32.0 Å². The summed E-state index contributed by atoms with van der Waals surface area (Å²) in [6, 6.07) is 16.7. The molecule has 0 spiro atoms. The van der Waals surface area contributed by atoms with E-state index < -0.39 is 5.82 Å². The number of benzene rings is 3. The zero-order valence-corrected chi connectivity index (χ0v) is 21.3. The van der Waals surface area contributed by atoms with Crippen LogP contribution in [0.25, 0.3) is 0 Å². The summed E-state index contributed by atoms with van der Waals surface area (Å²) in [5, 5.41) is 5.70. The van der Waals surface area contributed by atoms with Crippen molar-refractivity contribution in [2.45, 2.75) is 20.4 Å². The molecule has 0 aromatic heterocycles. The second kappa shape index (κ2) is 11.9. The van der Waals surface area contributed by atoms with Crippen LogP contribution in [-0.2, 0) is 11.3 Å². The highest BCUT2D eigenvalue weighted by Crippen LogP contribution is 2.27. The minimum Gasteiger partial charge on any atom is -0.367 e. The highest BCUT2D eigenvalue weighted by Gasteiger charge is 2.25. The van der Waals surface area contributed by atoms with Gasteiger partial charge in [-0.15, -0.1) is 0 Å². The highest BCUT2D eigenvalue weighted by molar-refractivity contribution is 6.02. The Morgan fingerprint density at radius 2 is 1.58 bits per heavy atom. The summed E-state index contributed by atoms with van der Waals surface area (Å²) in [6.07, 6.45) is 0. The van der Waals surface area contributed by atoms with E-state index in [1.165, 1.54) is 30.3 Å². The van der Waals surface area contributed by atoms with Gasteiger partial charge in [0, 0.05) is 55.6 Å². The van der Waals surface area contributed by atoms with Gasteiger partial charge in [-0.05, 0) is 54.1 Å². The maximum Gasteiger partial charge on any atom is 0.254 e. The molecule has 7 nitrogen and oxygen atoms in total. The summed E-state index contributed by atoms with van der Waals surface area (Å²) in [6.45, 7) is 5.51. The number of hydrogen-bond acceptors (Lipinski definition) is 4. The fourth-order valence-electron chi connectivity index (χ4n) is 4.19. The molecule has 3 aromatic rings. The molecule has 1 heterocycles. The standard InChI is InChI=1S/C29H30F2N4O3/c1-19(2)27(36)33-24-10-11-26(25(17-24)28(37)32-18-20-6-8-22(30)9-7-20)34-12-14-35(15-13-34)29(38)21-4-3-5-23(31)16-21/h3-11,16-17,19H,12-15,18H2,1-2H3,(H,32,37)(H,33,36). The monoisotopic (exact) mass is 520 g/mol. The van der Waals surface area contributed by atoms with Gasteiger partial charge in [-0.25, -0.2) is 8.78 Å². The van der Waals surface area contributed by atoms with Crippen molar-refractivity contribution in [1.29, 1.82) is 0 Å². The number of rotatable bonds is 7. The van der Waals surface area contributed by atoms with Gasteiger partial charge in [-0.2, -0.15) is 0 Å². The largest absolute Gasteiger partial charge is 0.367 e. The van der Waals surface area contributed by atoms with Crippen LogP contribution in [0.15, 0.2) is 66.7 Å². The maximum atomic E-state index is 13.6. The van der Waals surface area contributed by atoms with E-state index >= 15 is 0 Å². The van der Waals surface area contributed by atoms with Crippen molar-refractivity contribution in [3.63, 3.8) is 0 Å². The summed E-state index contributed by atoms with van der Waals surface area (Å²) in [5.41, 5.74) is 2.58. The minimum absolute atomic E-state index is 0.167. The lowest BCUT2D eigenvalue weighted by Gasteiger charge is -2.37. The molecular formula is C29H30F2N4O3. The number of carbonyl (C=O) groups is 3. The first-order chi connectivity index (χ1) is 18.2. The third-order valence-electron chi connectivity index (χ3n) is 6.38. The van der Waals surface area contributed by atoms with E-state index in [-0.39, 0.29) is 36.0 Å². The fourth-order valence-corrected chi connectivity index (χ4v) is 4.19. The Hall–Kier alpha value is -4.27. The van der Waals surface area contributed by atoms with E-state index in [0.717, 1.165) is 5.56 Å². The zero-order valence-electron chi connectivity index (χ0n) is 21.3. The van der Waals surface area contributed by atoms with Gasteiger partial charge in [0.2, 0.25) is 5.91 Å². The van der Waals surface area contributed by atoms with E-state index in [1.54, 1.807) is 55.1 Å². The summed E-state index contributed by atoms with van der Waals surface area (Å²) in [4.78, 5) is 42.0. The van der Waals surface area contributed by atoms with Crippen LogP contribution in [0.5, 0.6) is 0 Å². The zero-order chi connectivity index (χ0) is 27.2. The molecule has 0 saturated carbocycles. The van der Waals surface area contributed by atoms with Crippen LogP contribution in [-0.4, -0.2) is 48.8 Å². The average Bonchev–Trinajstić information content (AvgIpc) is 2.92. The number of nitrogens with one attached hydrogen (secondary N) is 2. The van der Waals surface area contributed by atoms with Crippen LogP contribution < -0.4 is 15.5 Å². The molecule has 38 heavy (non-hydrogen) atoms. The molecule has 1 aliphatic heterocycles. The van der Waals surface area contributed by atoms with Crippen LogP contribution >= 0.6 is 0 Å². The van der Waals surface area contributed by atoms with Crippen molar-refractivity contribution in [1.82, 2.24) is 10.2 Å². The molecule has 0 radical (unpaired) electrons. The molecular weight excluding hydrogens is 490 g/mol. The predicted octanol–water partition coefficient (Wildman–Crippen LogP) is 4.45. The van der Waals surface area contributed by atoms with Gasteiger partial charge in [0.1, 0.15) is 11.6 Å². The van der Waals surface area contributed by atoms with Crippen molar-refractivity contribution in [2.24, 2.45) is 5.92 Å². The smallest absolute Gasteiger partial charge is 0.254 e. The molecule has 3 amide bonds. The Labute approximate surface area is 220 Å². The average molecular weight is 521 g/mol. The summed E-state index contributed by atoms with van der Waals surface area (Å²) in [7, 11) is 0. The first kappa shape index (κ1) is 26.8. The summed E-state index contributed by atoms with van der Waals surface area (Å²) in [5.74, 6) is -1.80. The maximum absolute atomic E-state index is 13.6. The van der Waals surface area contributed by atoms with E-state index in [9.17, 15) is 23.2 Å². The third kappa shape index (κ3) is 6.53. The topological polar surface area (TPSA) is 81.8 Å². The lowest BCUT2D eigenvalue weighted by molar-refractivity contribution is -0.118. The quantitative estimate of drug-likeness (QED) is 0.482. The number of anilines is 2. The number of nitrogens with zero attached hydrogens (tertiary/aromatic N) is 2. The minimum atomic E-state index is -0.463. The molecule has 1 saturated heterocycles.